The van der Waals surface area contributed by atoms with E-state index in [9.17, 15) is 14.3 Å². The van der Waals surface area contributed by atoms with Gasteiger partial charge in [-0.15, -0.1) is 0 Å². The van der Waals surface area contributed by atoms with Gasteiger partial charge >= 0.3 is 0 Å². The lowest BCUT2D eigenvalue weighted by Gasteiger charge is -2.32. The highest BCUT2D eigenvalue weighted by Crippen LogP contribution is 2.33. The molecule has 156 valence electrons. The molecule has 0 radical (unpaired) electrons. The molecule has 0 aromatic heterocycles. The number of amides is 1. The molecule has 0 aliphatic heterocycles. The van der Waals surface area contributed by atoms with Crippen molar-refractivity contribution in [1.29, 1.82) is 0 Å². The molecule has 3 rings (SSSR count). The summed E-state index contributed by atoms with van der Waals surface area (Å²) in [7, 11) is 1.48. The van der Waals surface area contributed by atoms with E-state index < -0.39 is 11.4 Å². The average Bonchev–Trinajstić information content (AvgIpc) is 2.72. The Kier molecular flexibility index (Phi) is 6.71. The molecule has 1 aliphatic carbocycles. The Labute approximate surface area is 169 Å². The lowest BCUT2D eigenvalue weighted by molar-refractivity contribution is 0.00525. The molecule has 7 heteroatoms. The number of aliphatic hydroxyl groups is 1. The second kappa shape index (κ2) is 9.24. The molecule has 0 unspecified atom stereocenters. The molecule has 0 heterocycles. The van der Waals surface area contributed by atoms with Crippen LogP contribution in [-0.2, 0) is 6.54 Å². The van der Waals surface area contributed by atoms with Gasteiger partial charge in [0.25, 0.3) is 5.91 Å². The van der Waals surface area contributed by atoms with E-state index in [1.54, 1.807) is 18.2 Å². The van der Waals surface area contributed by atoms with Gasteiger partial charge in [-0.05, 0) is 48.7 Å². The Bertz CT molecular complexity index is 866. The summed E-state index contributed by atoms with van der Waals surface area (Å²) in [6, 6.07) is 8.97. The number of nitrogens with one attached hydrogen (secondary N) is 1. The molecular weight excluding hydrogens is 375 g/mol. The monoisotopic (exact) mass is 402 g/mol. The van der Waals surface area contributed by atoms with Gasteiger partial charge in [0.2, 0.25) is 0 Å². The Morgan fingerprint density at radius 2 is 1.93 bits per heavy atom. The summed E-state index contributed by atoms with van der Waals surface area (Å²) in [5.74, 6) is 0.170. The molecule has 0 saturated heterocycles. The minimum Gasteiger partial charge on any atom is -0.493 e. The van der Waals surface area contributed by atoms with E-state index in [0.717, 1.165) is 19.3 Å². The third-order valence-electron chi connectivity index (χ3n) is 5.18. The van der Waals surface area contributed by atoms with Crippen LogP contribution in [0, 0.1) is 5.82 Å². The summed E-state index contributed by atoms with van der Waals surface area (Å²) >= 11 is 0. The normalized spacial score (nSPS) is 15.6. The Morgan fingerprint density at radius 3 is 2.62 bits per heavy atom. The van der Waals surface area contributed by atoms with Crippen LogP contribution < -0.4 is 20.5 Å². The van der Waals surface area contributed by atoms with Crippen molar-refractivity contribution in [3.05, 3.63) is 53.3 Å². The molecular formula is C22H27FN2O4. The maximum atomic E-state index is 13.8. The SMILES string of the molecule is COc1ccc(C(=O)NCC2(O)CCCCC2)cc1Oc1cc(F)cc(CN)c1. The summed E-state index contributed by atoms with van der Waals surface area (Å²) in [6.45, 7) is 0.383. The molecule has 29 heavy (non-hydrogen) atoms. The zero-order chi connectivity index (χ0) is 20.9. The van der Waals surface area contributed by atoms with E-state index in [4.69, 9.17) is 15.2 Å². The van der Waals surface area contributed by atoms with Crippen LogP contribution in [0.3, 0.4) is 0 Å². The molecule has 1 fully saturated rings. The van der Waals surface area contributed by atoms with Gasteiger partial charge in [-0.3, -0.25) is 4.79 Å². The Morgan fingerprint density at radius 1 is 1.17 bits per heavy atom. The number of methoxy groups -OCH3 is 1. The smallest absolute Gasteiger partial charge is 0.251 e. The molecule has 2 aromatic rings. The van der Waals surface area contributed by atoms with Crippen molar-refractivity contribution >= 4 is 5.91 Å². The molecule has 1 amide bonds. The van der Waals surface area contributed by atoms with Crippen molar-refractivity contribution in [3.63, 3.8) is 0 Å². The molecule has 0 spiro atoms. The fourth-order valence-electron chi connectivity index (χ4n) is 3.56. The maximum Gasteiger partial charge on any atom is 0.251 e. The van der Waals surface area contributed by atoms with Crippen LogP contribution in [0.1, 0.15) is 48.0 Å². The zero-order valence-corrected chi connectivity index (χ0v) is 16.5. The molecule has 1 saturated carbocycles. The number of hydrogen-bond donors (Lipinski definition) is 3. The summed E-state index contributed by atoms with van der Waals surface area (Å²) in [4.78, 5) is 12.6. The summed E-state index contributed by atoms with van der Waals surface area (Å²) in [6.07, 6.45) is 4.42. The van der Waals surface area contributed by atoms with Crippen LogP contribution in [0.15, 0.2) is 36.4 Å². The largest absolute Gasteiger partial charge is 0.493 e. The van der Waals surface area contributed by atoms with Crippen molar-refractivity contribution in [2.24, 2.45) is 5.73 Å². The van der Waals surface area contributed by atoms with Gasteiger partial charge in [-0.1, -0.05) is 19.3 Å². The first-order valence-electron chi connectivity index (χ1n) is 9.78. The minimum atomic E-state index is -0.847. The van der Waals surface area contributed by atoms with Crippen LogP contribution >= 0.6 is 0 Å². The first-order chi connectivity index (χ1) is 13.9. The van der Waals surface area contributed by atoms with Gasteiger partial charge in [0.1, 0.15) is 11.6 Å². The molecule has 0 bridgehead atoms. The second-order valence-corrected chi connectivity index (χ2v) is 7.43. The van der Waals surface area contributed by atoms with E-state index in [1.165, 1.54) is 25.3 Å². The fraction of sp³-hybridized carbons (Fsp3) is 0.409. The lowest BCUT2D eigenvalue weighted by atomic mass is 9.85. The number of carbonyl (C=O) groups excluding carboxylic acids is 1. The highest BCUT2D eigenvalue weighted by Gasteiger charge is 2.29. The van der Waals surface area contributed by atoms with Crippen molar-refractivity contribution < 1.29 is 23.8 Å². The van der Waals surface area contributed by atoms with Gasteiger partial charge in [-0.2, -0.15) is 0 Å². The zero-order valence-electron chi connectivity index (χ0n) is 16.5. The fourth-order valence-corrected chi connectivity index (χ4v) is 3.56. The van der Waals surface area contributed by atoms with E-state index in [0.29, 0.717) is 29.7 Å². The van der Waals surface area contributed by atoms with Crippen molar-refractivity contribution in [2.45, 2.75) is 44.2 Å². The highest BCUT2D eigenvalue weighted by atomic mass is 19.1. The summed E-state index contributed by atoms with van der Waals surface area (Å²) in [5.41, 5.74) is 5.69. The van der Waals surface area contributed by atoms with Crippen LogP contribution in [0.25, 0.3) is 0 Å². The molecule has 6 nitrogen and oxygen atoms in total. The van der Waals surface area contributed by atoms with Gasteiger partial charge in [0, 0.05) is 24.7 Å². The number of ether oxygens (including phenoxy) is 2. The Balaban J connectivity index is 1.76. The predicted molar refractivity (Wildman–Crippen MR) is 108 cm³/mol. The summed E-state index contributed by atoms with van der Waals surface area (Å²) in [5, 5.41) is 13.4. The Hall–Kier alpha value is -2.64. The van der Waals surface area contributed by atoms with Gasteiger partial charge < -0.3 is 25.6 Å². The standard InChI is InChI=1S/C22H27FN2O4/c1-28-19-6-5-16(21(26)25-14-22(27)7-3-2-4-8-22)11-20(19)29-18-10-15(13-24)9-17(23)12-18/h5-6,9-12,27H,2-4,7-8,13-14,24H2,1H3,(H,25,26). The number of halogens is 1. The van der Waals surface area contributed by atoms with Crippen molar-refractivity contribution in [2.75, 3.05) is 13.7 Å². The molecule has 2 aromatic carbocycles. The topological polar surface area (TPSA) is 93.8 Å². The van der Waals surface area contributed by atoms with E-state index in [1.807, 2.05) is 0 Å². The first kappa shape index (κ1) is 21.1. The van der Waals surface area contributed by atoms with E-state index in [2.05, 4.69) is 5.32 Å². The number of hydrogen-bond acceptors (Lipinski definition) is 5. The molecule has 4 N–H and O–H groups in total. The van der Waals surface area contributed by atoms with Crippen molar-refractivity contribution in [1.82, 2.24) is 5.32 Å². The van der Waals surface area contributed by atoms with Gasteiger partial charge in [0.05, 0.1) is 12.7 Å². The van der Waals surface area contributed by atoms with Crippen LogP contribution in [-0.4, -0.2) is 30.3 Å². The maximum absolute atomic E-state index is 13.8. The van der Waals surface area contributed by atoms with Gasteiger partial charge in [0.15, 0.2) is 11.5 Å². The predicted octanol–water partition coefficient (Wildman–Crippen LogP) is 3.51. The quantitative estimate of drug-likeness (QED) is 0.659. The number of nitrogens with two attached hydrogens (primary N) is 1. The highest BCUT2D eigenvalue weighted by molar-refractivity contribution is 5.95. The number of benzene rings is 2. The first-order valence-corrected chi connectivity index (χ1v) is 9.78. The van der Waals surface area contributed by atoms with Crippen molar-refractivity contribution in [3.8, 4) is 17.2 Å². The summed E-state index contributed by atoms with van der Waals surface area (Å²) < 4.78 is 24.8. The average molecular weight is 402 g/mol. The van der Waals surface area contributed by atoms with Gasteiger partial charge in [-0.25, -0.2) is 4.39 Å². The third kappa shape index (κ3) is 5.46. The number of carbonyl (C=O) groups is 1. The van der Waals surface area contributed by atoms with Crippen LogP contribution in [0.5, 0.6) is 17.2 Å². The third-order valence-corrected chi connectivity index (χ3v) is 5.18. The lowest BCUT2D eigenvalue weighted by Crippen LogP contribution is -2.44. The minimum absolute atomic E-state index is 0.177. The number of rotatable bonds is 7. The van der Waals surface area contributed by atoms with E-state index in [-0.39, 0.29) is 30.5 Å². The second-order valence-electron chi connectivity index (χ2n) is 7.43. The molecule has 0 atom stereocenters. The molecule has 1 aliphatic rings. The van der Waals surface area contributed by atoms with Crippen LogP contribution in [0.4, 0.5) is 4.39 Å². The van der Waals surface area contributed by atoms with E-state index >= 15 is 0 Å². The van der Waals surface area contributed by atoms with Crippen LogP contribution in [0.2, 0.25) is 0 Å².